The number of ether oxygens (including phenoxy) is 2. The molecule has 0 aromatic heterocycles. The summed E-state index contributed by atoms with van der Waals surface area (Å²) in [7, 11) is 3.33. The van der Waals surface area contributed by atoms with Gasteiger partial charge in [0.2, 0.25) is 5.91 Å². The van der Waals surface area contributed by atoms with E-state index in [0.717, 1.165) is 49.4 Å². The van der Waals surface area contributed by atoms with Gasteiger partial charge in [0.1, 0.15) is 11.5 Å². The van der Waals surface area contributed by atoms with Crippen LogP contribution in [0.3, 0.4) is 0 Å². The molecule has 0 bridgehead atoms. The first kappa shape index (κ1) is 18.3. The number of benzene rings is 2. The maximum absolute atomic E-state index is 12.8. The van der Waals surface area contributed by atoms with Crippen molar-refractivity contribution in [3.05, 3.63) is 59.7 Å². The molecule has 1 fully saturated rings. The van der Waals surface area contributed by atoms with Crippen LogP contribution in [0.4, 0.5) is 0 Å². The van der Waals surface area contributed by atoms with Crippen LogP contribution in [0.5, 0.6) is 11.5 Å². The third-order valence-corrected chi connectivity index (χ3v) is 5.13. The molecule has 0 saturated carbocycles. The second-order valence-corrected chi connectivity index (χ2v) is 6.83. The van der Waals surface area contributed by atoms with Crippen LogP contribution in [-0.2, 0) is 11.2 Å². The Bertz CT molecular complexity index is 709. The fourth-order valence-electron chi connectivity index (χ4n) is 3.55. The topological polar surface area (TPSA) is 38.8 Å². The molecule has 26 heavy (non-hydrogen) atoms. The average molecular weight is 353 g/mol. The Labute approximate surface area is 155 Å². The molecule has 1 saturated heterocycles. The zero-order valence-electron chi connectivity index (χ0n) is 15.6. The molecule has 1 atom stereocenters. The van der Waals surface area contributed by atoms with Gasteiger partial charge in [-0.3, -0.25) is 4.79 Å². The molecular formula is C22H27NO3. The quantitative estimate of drug-likeness (QED) is 0.814. The normalized spacial score (nSPS) is 17.5. The Kier molecular flexibility index (Phi) is 6.16. The molecule has 2 aromatic rings. The first-order valence-electron chi connectivity index (χ1n) is 9.24. The van der Waals surface area contributed by atoms with Gasteiger partial charge in [-0.2, -0.15) is 0 Å². The summed E-state index contributed by atoms with van der Waals surface area (Å²) in [5.41, 5.74) is 2.32. The van der Waals surface area contributed by atoms with Gasteiger partial charge in [0.15, 0.2) is 0 Å². The van der Waals surface area contributed by atoms with Crippen LogP contribution in [0.1, 0.15) is 36.3 Å². The Morgan fingerprint density at radius 3 is 2.19 bits per heavy atom. The van der Waals surface area contributed by atoms with Crippen LogP contribution in [0.15, 0.2) is 48.5 Å². The van der Waals surface area contributed by atoms with E-state index in [1.807, 2.05) is 41.3 Å². The van der Waals surface area contributed by atoms with Crippen LogP contribution in [0.2, 0.25) is 0 Å². The van der Waals surface area contributed by atoms with Crippen LogP contribution in [-0.4, -0.2) is 38.1 Å². The van der Waals surface area contributed by atoms with Crippen molar-refractivity contribution in [3.8, 4) is 11.5 Å². The first-order valence-corrected chi connectivity index (χ1v) is 9.24. The van der Waals surface area contributed by atoms with E-state index in [2.05, 4.69) is 12.1 Å². The minimum atomic E-state index is 0.204. The highest BCUT2D eigenvalue weighted by molar-refractivity contribution is 5.79. The van der Waals surface area contributed by atoms with Crippen LogP contribution < -0.4 is 9.47 Å². The molecular weight excluding hydrogens is 326 g/mol. The van der Waals surface area contributed by atoms with Crippen molar-refractivity contribution >= 4 is 5.91 Å². The molecule has 1 heterocycles. The summed E-state index contributed by atoms with van der Waals surface area (Å²) < 4.78 is 10.4. The van der Waals surface area contributed by atoms with E-state index < -0.39 is 0 Å². The van der Waals surface area contributed by atoms with E-state index in [-0.39, 0.29) is 5.91 Å². The van der Waals surface area contributed by atoms with Crippen molar-refractivity contribution < 1.29 is 14.3 Å². The number of methoxy groups -OCH3 is 2. The highest BCUT2D eigenvalue weighted by Crippen LogP contribution is 2.28. The van der Waals surface area contributed by atoms with Gasteiger partial charge in [-0.05, 0) is 48.2 Å². The third kappa shape index (κ3) is 4.57. The summed E-state index contributed by atoms with van der Waals surface area (Å²) in [6, 6.07) is 16.0. The van der Waals surface area contributed by atoms with Crippen molar-refractivity contribution in [2.75, 3.05) is 27.3 Å². The maximum atomic E-state index is 12.8. The lowest BCUT2D eigenvalue weighted by atomic mass is 9.94. The number of nitrogens with zero attached hydrogens (tertiary/aromatic N) is 1. The van der Waals surface area contributed by atoms with E-state index in [9.17, 15) is 4.79 Å². The van der Waals surface area contributed by atoms with E-state index >= 15 is 0 Å². The molecule has 4 nitrogen and oxygen atoms in total. The van der Waals surface area contributed by atoms with Crippen molar-refractivity contribution in [1.29, 1.82) is 0 Å². The third-order valence-electron chi connectivity index (χ3n) is 5.13. The van der Waals surface area contributed by atoms with Gasteiger partial charge in [-0.25, -0.2) is 0 Å². The first-order chi connectivity index (χ1) is 12.7. The number of carbonyl (C=O) groups excluding carboxylic acids is 1. The Morgan fingerprint density at radius 2 is 1.58 bits per heavy atom. The molecule has 1 aliphatic rings. The lowest BCUT2D eigenvalue weighted by Crippen LogP contribution is -2.35. The lowest BCUT2D eigenvalue weighted by molar-refractivity contribution is -0.130. The minimum Gasteiger partial charge on any atom is -0.497 e. The predicted octanol–water partition coefficient (Wildman–Crippen LogP) is 4.04. The smallest absolute Gasteiger partial charge is 0.227 e. The minimum absolute atomic E-state index is 0.204. The molecule has 138 valence electrons. The molecule has 1 aliphatic heterocycles. The number of hydrogen-bond donors (Lipinski definition) is 0. The molecule has 0 spiro atoms. The maximum Gasteiger partial charge on any atom is 0.227 e. The molecule has 1 unspecified atom stereocenters. The molecule has 0 aliphatic carbocycles. The van der Waals surface area contributed by atoms with E-state index in [1.54, 1.807) is 14.2 Å². The Hall–Kier alpha value is -2.49. The number of rotatable bonds is 5. The van der Waals surface area contributed by atoms with Gasteiger partial charge in [0.05, 0.1) is 20.6 Å². The van der Waals surface area contributed by atoms with Crippen molar-refractivity contribution in [2.45, 2.75) is 31.6 Å². The number of amides is 1. The summed E-state index contributed by atoms with van der Waals surface area (Å²) in [5, 5.41) is 0. The van der Waals surface area contributed by atoms with Crippen LogP contribution in [0, 0.1) is 0 Å². The summed E-state index contributed by atoms with van der Waals surface area (Å²) in [4.78, 5) is 14.9. The van der Waals surface area contributed by atoms with Crippen molar-refractivity contribution in [3.63, 3.8) is 0 Å². The number of carbonyl (C=O) groups is 1. The van der Waals surface area contributed by atoms with Gasteiger partial charge in [0, 0.05) is 19.0 Å². The molecule has 4 heteroatoms. The largest absolute Gasteiger partial charge is 0.497 e. The second-order valence-electron chi connectivity index (χ2n) is 6.83. The summed E-state index contributed by atoms with van der Waals surface area (Å²) in [5.74, 6) is 2.28. The molecule has 3 rings (SSSR count). The van der Waals surface area contributed by atoms with E-state index in [0.29, 0.717) is 12.3 Å². The number of hydrogen-bond acceptors (Lipinski definition) is 3. The van der Waals surface area contributed by atoms with Gasteiger partial charge in [-0.1, -0.05) is 30.7 Å². The van der Waals surface area contributed by atoms with Gasteiger partial charge >= 0.3 is 0 Å². The summed E-state index contributed by atoms with van der Waals surface area (Å²) in [6.45, 7) is 1.64. The lowest BCUT2D eigenvalue weighted by Gasteiger charge is -2.25. The highest BCUT2D eigenvalue weighted by Gasteiger charge is 2.23. The van der Waals surface area contributed by atoms with Crippen molar-refractivity contribution in [2.24, 2.45) is 0 Å². The van der Waals surface area contributed by atoms with Gasteiger partial charge in [-0.15, -0.1) is 0 Å². The summed E-state index contributed by atoms with van der Waals surface area (Å²) in [6.07, 6.45) is 3.79. The zero-order valence-corrected chi connectivity index (χ0v) is 15.6. The van der Waals surface area contributed by atoms with E-state index in [1.165, 1.54) is 5.56 Å². The molecule has 1 amide bonds. The monoisotopic (exact) mass is 353 g/mol. The molecule has 0 N–H and O–H groups in total. The number of likely N-dealkylation sites (tertiary alicyclic amines) is 1. The van der Waals surface area contributed by atoms with Crippen LogP contribution in [0.25, 0.3) is 0 Å². The molecule has 2 aromatic carbocycles. The zero-order chi connectivity index (χ0) is 18.4. The molecule has 0 radical (unpaired) electrons. The second kappa shape index (κ2) is 8.75. The Morgan fingerprint density at radius 1 is 0.962 bits per heavy atom. The Balaban J connectivity index is 1.66. The predicted molar refractivity (Wildman–Crippen MR) is 103 cm³/mol. The van der Waals surface area contributed by atoms with Crippen molar-refractivity contribution in [1.82, 2.24) is 4.90 Å². The SMILES string of the molecule is COc1ccc(CC(=O)N2CCCCC(c3ccc(OC)cc3)C2)cc1. The fraction of sp³-hybridized carbons (Fsp3) is 0.409. The van der Waals surface area contributed by atoms with Gasteiger partial charge < -0.3 is 14.4 Å². The summed E-state index contributed by atoms with van der Waals surface area (Å²) >= 11 is 0. The van der Waals surface area contributed by atoms with Crippen LogP contribution >= 0.6 is 0 Å². The average Bonchev–Trinajstić information content (AvgIpc) is 2.95. The van der Waals surface area contributed by atoms with E-state index in [4.69, 9.17) is 9.47 Å². The fourth-order valence-corrected chi connectivity index (χ4v) is 3.55. The highest BCUT2D eigenvalue weighted by atomic mass is 16.5. The standard InChI is InChI=1S/C22H27NO3/c1-25-20-10-6-17(7-11-20)15-22(24)23-14-4-3-5-19(16-23)18-8-12-21(26-2)13-9-18/h6-13,19H,3-5,14-16H2,1-2H3. The van der Waals surface area contributed by atoms with Gasteiger partial charge in [0.25, 0.3) is 0 Å².